The van der Waals surface area contributed by atoms with Crippen molar-refractivity contribution in [3.05, 3.63) is 126 Å². The third kappa shape index (κ3) is 3.35. The quantitative estimate of drug-likeness (QED) is 0.217. The second-order valence-electron chi connectivity index (χ2n) is 10.4. The molecule has 9 aromatic rings. The molecule has 4 nitrogen and oxygen atoms in total. The molecule has 0 fully saturated rings. The third-order valence-corrected chi connectivity index (χ3v) is 8.26. The number of para-hydroxylation sites is 3. The molecule has 0 aliphatic carbocycles. The van der Waals surface area contributed by atoms with E-state index in [4.69, 9.17) is 26.0 Å². The van der Waals surface area contributed by atoms with E-state index in [1.54, 1.807) is 0 Å². The predicted molar refractivity (Wildman–Crippen MR) is 169 cm³/mol. The first-order valence-corrected chi connectivity index (χ1v) is 13.9. The molecule has 6 aromatic carbocycles. The van der Waals surface area contributed by atoms with Crippen molar-refractivity contribution in [2.45, 2.75) is 0 Å². The van der Waals surface area contributed by atoms with Gasteiger partial charge in [-0.25, -0.2) is 9.97 Å². The highest BCUT2D eigenvalue weighted by Crippen LogP contribution is 2.38. The summed E-state index contributed by atoms with van der Waals surface area (Å²) in [6.45, 7) is 0. The standard InChI is InChI=1S/C36H20ClN3O/c37-24-15-13-21-18-29-25-7-2-5-11-31(25)40(32(29)19-23(21)17-24)36-28-9-1-4-10-30(28)38-35(39-36)22-14-16-27-26-8-3-6-12-33(26)41-34(27)20-22/h1-20H. The van der Waals surface area contributed by atoms with E-state index in [-0.39, 0.29) is 0 Å². The molecule has 0 aliphatic heterocycles. The first-order chi connectivity index (χ1) is 20.2. The molecule has 0 aliphatic rings. The van der Waals surface area contributed by atoms with Crippen LogP contribution in [0.4, 0.5) is 0 Å². The smallest absolute Gasteiger partial charge is 0.162 e. The van der Waals surface area contributed by atoms with E-state index < -0.39 is 0 Å². The van der Waals surface area contributed by atoms with Crippen LogP contribution in [0.15, 0.2) is 126 Å². The number of benzene rings is 6. The van der Waals surface area contributed by atoms with Crippen LogP contribution < -0.4 is 0 Å². The molecule has 0 saturated carbocycles. The lowest BCUT2D eigenvalue weighted by atomic mass is 10.1. The second-order valence-corrected chi connectivity index (χ2v) is 10.8. The van der Waals surface area contributed by atoms with Crippen LogP contribution in [0.5, 0.6) is 0 Å². The summed E-state index contributed by atoms with van der Waals surface area (Å²) in [4.78, 5) is 10.3. The summed E-state index contributed by atoms with van der Waals surface area (Å²) in [7, 11) is 0. The Morgan fingerprint density at radius 1 is 0.537 bits per heavy atom. The lowest BCUT2D eigenvalue weighted by molar-refractivity contribution is 0.669. The van der Waals surface area contributed by atoms with E-state index in [1.807, 2.05) is 54.6 Å². The number of hydrogen-bond donors (Lipinski definition) is 0. The molecule has 3 heterocycles. The number of nitrogens with zero attached hydrogens (tertiary/aromatic N) is 3. The summed E-state index contributed by atoms with van der Waals surface area (Å²) in [5.41, 5.74) is 5.64. The van der Waals surface area contributed by atoms with Gasteiger partial charge < -0.3 is 4.42 Å². The van der Waals surface area contributed by atoms with Crippen molar-refractivity contribution in [1.29, 1.82) is 0 Å². The lowest BCUT2D eigenvalue weighted by Gasteiger charge is -2.13. The van der Waals surface area contributed by atoms with E-state index in [0.717, 1.165) is 71.1 Å². The Bertz CT molecular complexity index is 2510. The zero-order valence-electron chi connectivity index (χ0n) is 21.7. The first-order valence-electron chi connectivity index (χ1n) is 13.5. The fourth-order valence-corrected chi connectivity index (χ4v) is 6.32. The molecule has 0 spiro atoms. The van der Waals surface area contributed by atoms with Crippen LogP contribution in [0.2, 0.25) is 5.02 Å². The van der Waals surface area contributed by atoms with Crippen molar-refractivity contribution in [3.8, 4) is 17.2 Å². The van der Waals surface area contributed by atoms with Gasteiger partial charge >= 0.3 is 0 Å². The molecular weight excluding hydrogens is 526 g/mol. The molecule has 0 bridgehead atoms. The molecule has 0 unspecified atom stereocenters. The molecule has 3 aromatic heterocycles. The Kier molecular flexibility index (Phi) is 4.63. The fourth-order valence-electron chi connectivity index (χ4n) is 6.14. The molecule has 9 rings (SSSR count). The van der Waals surface area contributed by atoms with Crippen molar-refractivity contribution in [2.75, 3.05) is 0 Å². The Morgan fingerprint density at radius 3 is 2.24 bits per heavy atom. The van der Waals surface area contributed by atoms with Crippen molar-refractivity contribution in [2.24, 2.45) is 0 Å². The summed E-state index contributed by atoms with van der Waals surface area (Å²) in [5.74, 6) is 1.48. The molecular formula is C36H20ClN3O. The highest BCUT2D eigenvalue weighted by atomic mass is 35.5. The van der Waals surface area contributed by atoms with Crippen LogP contribution in [-0.2, 0) is 0 Å². The van der Waals surface area contributed by atoms with E-state index in [2.05, 4.69) is 71.3 Å². The number of furan rings is 1. The van der Waals surface area contributed by atoms with Gasteiger partial charge in [0.2, 0.25) is 0 Å². The molecule has 5 heteroatoms. The molecule has 41 heavy (non-hydrogen) atoms. The van der Waals surface area contributed by atoms with Gasteiger partial charge in [-0.2, -0.15) is 0 Å². The lowest BCUT2D eigenvalue weighted by Crippen LogP contribution is -2.02. The van der Waals surface area contributed by atoms with Crippen LogP contribution in [0.25, 0.3) is 82.6 Å². The molecule has 192 valence electrons. The number of fused-ring (bicyclic) bond motifs is 8. The maximum atomic E-state index is 6.40. The largest absolute Gasteiger partial charge is 0.456 e. The highest BCUT2D eigenvalue weighted by molar-refractivity contribution is 6.31. The summed E-state index contributed by atoms with van der Waals surface area (Å²) in [6.07, 6.45) is 0. The topological polar surface area (TPSA) is 43.9 Å². The zero-order chi connectivity index (χ0) is 27.1. The van der Waals surface area contributed by atoms with Gasteiger partial charge in [0.15, 0.2) is 5.82 Å². The number of aromatic nitrogens is 3. The van der Waals surface area contributed by atoms with E-state index >= 15 is 0 Å². The Morgan fingerprint density at radius 2 is 1.32 bits per heavy atom. The van der Waals surface area contributed by atoms with Crippen molar-refractivity contribution in [3.63, 3.8) is 0 Å². The molecule has 0 atom stereocenters. The monoisotopic (exact) mass is 545 g/mol. The van der Waals surface area contributed by atoms with Gasteiger partial charge in [0.1, 0.15) is 17.0 Å². The van der Waals surface area contributed by atoms with E-state index in [1.165, 1.54) is 10.8 Å². The highest BCUT2D eigenvalue weighted by Gasteiger charge is 2.19. The first kappa shape index (κ1) is 22.6. The van der Waals surface area contributed by atoms with Crippen LogP contribution in [0.3, 0.4) is 0 Å². The number of hydrogen-bond acceptors (Lipinski definition) is 3. The average Bonchev–Trinajstić information content (AvgIpc) is 3.54. The summed E-state index contributed by atoms with van der Waals surface area (Å²) in [5, 5.41) is 8.46. The minimum Gasteiger partial charge on any atom is -0.456 e. The predicted octanol–water partition coefficient (Wildman–Crippen LogP) is 10.1. The van der Waals surface area contributed by atoms with Crippen LogP contribution in [-0.4, -0.2) is 14.5 Å². The number of rotatable bonds is 2. The molecule has 0 saturated heterocycles. The second kappa shape index (κ2) is 8.40. The normalized spacial score (nSPS) is 12.0. The summed E-state index contributed by atoms with van der Waals surface area (Å²) < 4.78 is 8.46. The van der Waals surface area contributed by atoms with Crippen molar-refractivity contribution >= 4 is 77.0 Å². The fraction of sp³-hybridized carbons (Fsp3) is 0. The van der Waals surface area contributed by atoms with Crippen molar-refractivity contribution in [1.82, 2.24) is 14.5 Å². The maximum absolute atomic E-state index is 6.40. The SMILES string of the molecule is Clc1ccc2cc3c4ccccc4n(-c4nc(-c5ccc6c(c5)oc5ccccc56)nc5ccccc45)c3cc2c1. The third-order valence-electron chi connectivity index (χ3n) is 8.02. The summed E-state index contributed by atoms with van der Waals surface area (Å²) in [6, 6.07) is 41.6. The van der Waals surface area contributed by atoms with Gasteiger partial charge in [-0.05, 0) is 71.4 Å². The molecule has 0 amide bonds. The van der Waals surface area contributed by atoms with Gasteiger partial charge in [0, 0.05) is 37.5 Å². The van der Waals surface area contributed by atoms with E-state index in [0.29, 0.717) is 5.82 Å². The van der Waals surface area contributed by atoms with Gasteiger partial charge in [-0.15, -0.1) is 0 Å². The van der Waals surface area contributed by atoms with Crippen LogP contribution in [0, 0.1) is 0 Å². The van der Waals surface area contributed by atoms with Crippen molar-refractivity contribution < 1.29 is 4.42 Å². The van der Waals surface area contributed by atoms with Crippen LogP contribution in [0.1, 0.15) is 0 Å². The Balaban J connectivity index is 1.37. The summed E-state index contributed by atoms with van der Waals surface area (Å²) >= 11 is 6.40. The van der Waals surface area contributed by atoms with Gasteiger partial charge in [0.05, 0.1) is 16.6 Å². The molecule has 0 N–H and O–H groups in total. The van der Waals surface area contributed by atoms with Gasteiger partial charge in [-0.3, -0.25) is 4.57 Å². The Labute approximate surface area is 239 Å². The number of halogens is 1. The minimum atomic E-state index is 0.649. The van der Waals surface area contributed by atoms with Crippen LogP contribution >= 0.6 is 11.6 Å². The minimum absolute atomic E-state index is 0.649. The zero-order valence-corrected chi connectivity index (χ0v) is 22.4. The molecule has 0 radical (unpaired) electrons. The van der Waals surface area contributed by atoms with Gasteiger partial charge in [0.25, 0.3) is 0 Å². The van der Waals surface area contributed by atoms with Gasteiger partial charge in [-0.1, -0.05) is 72.3 Å². The maximum Gasteiger partial charge on any atom is 0.162 e. The average molecular weight is 546 g/mol. The Hall–Kier alpha value is -5.19. The van der Waals surface area contributed by atoms with E-state index in [9.17, 15) is 0 Å².